The molecule has 9 heteroatoms. The Labute approximate surface area is 215 Å². The highest BCUT2D eigenvalue weighted by Crippen LogP contribution is 2.32. The van der Waals surface area contributed by atoms with E-state index in [4.69, 9.17) is 9.47 Å². The van der Waals surface area contributed by atoms with Crippen molar-refractivity contribution in [3.05, 3.63) is 77.6 Å². The maximum Gasteiger partial charge on any atom is 0.274 e. The van der Waals surface area contributed by atoms with Crippen molar-refractivity contribution in [3.8, 4) is 22.8 Å². The number of carbonyl (C=O) groups excluding carboxylic acids is 2. The third-order valence-electron chi connectivity index (χ3n) is 6.73. The topological polar surface area (TPSA) is 89.3 Å². The molecule has 1 aliphatic rings. The van der Waals surface area contributed by atoms with Crippen molar-refractivity contribution in [1.29, 1.82) is 0 Å². The lowest BCUT2D eigenvalue weighted by Crippen LogP contribution is -2.55. The molecule has 9 nitrogen and oxygen atoms in total. The molecule has 4 aromatic rings. The lowest BCUT2D eigenvalue weighted by molar-refractivity contribution is 0.0411. The molecule has 1 fully saturated rings. The standard InChI is InChI=1S/C28H29N5O4/c1-18-5-7-20(8-6-18)27(34)32-14-13-31(17-19(32)2)28(35)22-16-26-29-12-11-23(33(26)30-22)21-9-10-24(36-3)25(15-21)37-4/h5-12,15-16,19H,13-14,17H2,1-4H3/t19-/m0/s1. The fourth-order valence-corrected chi connectivity index (χ4v) is 4.68. The van der Waals surface area contributed by atoms with E-state index in [1.807, 2.05) is 67.3 Å². The van der Waals surface area contributed by atoms with Crippen LogP contribution in [0.15, 0.2) is 60.8 Å². The molecule has 2 aromatic carbocycles. The average molecular weight is 500 g/mol. The van der Waals surface area contributed by atoms with Gasteiger partial charge in [0.2, 0.25) is 0 Å². The van der Waals surface area contributed by atoms with Gasteiger partial charge in [-0.05, 0) is 50.2 Å². The zero-order valence-electron chi connectivity index (χ0n) is 21.3. The number of ether oxygens (including phenoxy) is 2. The number of nitrogens with zero attached hydrogens (tertiary/aromatic N) is 5. The number of hydrogen-bond acceptors (Lipinski definition) is 6. The molecule has 0 N–H and O–H groups in total. The Hall–Kier alpha value is -4.40. The van der Waals surface area contributed by atoms with Crippen LogP contribution in [-0.2, 0) is 0 Å². The quantitative estimate of drug-likeness (QED) is 0.416. The van der Waals surface area contributed by atoms with E-state index in [-0.39, 0.29) is 17.9 Å². The molecule has 37 heavy (non-hydrogen) atoms. The first-order chi connectivity index (χ1) is 17.9. The maximum atomic E-state index is 13.4. The highest BCUT2D eigenvalue weighted by molar-refractivity contribution is 5.96. The first kappa shape index (κ1) is 24.3. The second-order valence-corrected chi connectivity index (χ2v) is 9.16. The minimum absolute atomic E-state index is 0.0175. The summed E-state index contributed by atoms with van der Waals surface area (Å²) in [5, 5.41) is 4.61. The number of aryl methyl sites for hydroxylation is 1. The average Bonchev–Trinajstić information content (AvgIpc) is 3.37. The van der Waals surface area contributed by atoms with Crippen LogP contribution >= 0.6 is 0 Å². The van der Waals surface area contributed by atoms with Crippen LogP contribution < -0.4 is 9.47 Å². The Balaban J connectivity index is 1.36. The summed E-state index contributed by atoms with van der Waals surface area (Å²) in [6.45, 7) is 5.28. The van der Waals surface area contributed by atoms with Gasteiger partial charge in [-0.3, -0.25) is 9.59 Å². The highest BCUT2D eigenvalue weighted by atomic mass is 16.5. The van der Waals surface area contributed by atoms with E-state index in [0.717, 1.165) is 16.8 Å². The molecule has 0 bridgehead atoms. The molecule has 1 saturated heterocycles. The number of amides is 2. The van der Waals surface area contributed by atoms with Gasteiger partial charge in [0.1, 0.15) is 0 Å². The van der Waals surface area contributed by atoms with E-state index < -0.39 is 0 Å². The molecule has 0 saturated carbocycles. The molecule has 0 spiro atoms. The molecular formula is C28H29N5O4. The van der Waals surface area contributed by atoms with Crippen LogP contribution in [0.3, 0.4) is 0 Å². The van der Waals surface area contributed by atoms with Crippen molar-refractivity contribution in [2.45, 2.75) is 19.9 Å². The maximum absolute atomic E-state index is 13.4. The Kier molecular flexibility index (Phi) is 6.52. The van der Waals surface area contributed by atoms with E-state index in [2.05, 4.69) is 10.1 Å². The smallest absolute Gasteiger partial charge is 0.274 e. The molecular weight excluding hydrogens is 470 g/mol. The fraction of sp³-hybridized carbons (Fsp3) is 0.286. The summed E-state index contributed by atoms with van der Waals surface area (Å²) in [7, 11) is 3.18. The van der Waals surface area contributed by atoms with Gasteiger partial charge < -0.3 is 19.3 Å². The molecule has 0 aliphatic carbocycles. The highest BCUT2D eigenvalue weighted by Gasteiger charge is 2.31. The van der Waals surface area contributed by atoms with Gasteiger partial charge in [-0.25, -0.2) is 9.50 Å². The zero-order chi connectivity index (χ0) is 26.1. The van der Waals surface area contributed by atoms with E-state index in [1.165, 1.54) is 0 Å². The third kappa shape index (κ3) is 4.60. The van der Waals surface area contributed by atoms with Crippen molar-refractivity contribution in [2.24, 2.45) is 0 Å². The van der Waals surface area contributed by atoms with Crippen LogP contribution in [-0.4, -0.2) is 76.1 Å². The van der Waals surface area contributed by atoms with E-state index in [0.29, 0.717) is 48.0 Å². The number of hydrogen-bond donors (Lipinski definition) is 0. The van der Waals surface area contributed by atoms with Gasteiger partial charge in [0.05, 0.1) is 19.9 Å². The first-order valence-electron chi connectivity index (χ1n) is 12.1. The van der Waals surface area contributed by atoms with Gasteiger partial charge in [-0.2, -0.15) is 5.10 Å². The van der Waals surface area contributed by atoms with Crippen LogP contribution in [0.25, 0.3) is 16.9 Å². The van der Waals surface area contributed by atoms with E-state index in [1.54, 1.807) is 35.9 Å². The molecule has 0 unspecified atom stereocenters. The summed E-state index contributed by atoms with van der Waals surface area (Å²) in [5.41, 5.74) is 4.27. The van der Waals surface area contributed by atoms with Gasteiger partial charge in [0.15, 0.2) is 22.8 Å². The zero-order valence-corrected chi connectivity index (χ0v) is 21.3. The van der Waals surface area contributed by atoms with Crippen molar-refractivity contribution in [1.82, 2.24) is 24.4 Å². The van der Waals surface area contributed by atoms with Crippen molar-refractivity contribution < 1.29 is 19.1 Å². The van der Waals surface area contributed by atoms with Crippen molar-refractivity contribution >= 4 is 17.5 Å². The Bertz CT molecular complexity index is 1460. The van der Waals surface area contributed by atoms with Crippen molar-refractivity contribution in [3.63, 3.8) is 0 Å². The number of aromatic nitrogens is 3. The minimum atomic E-state index is -0.182. The largest absolute Gasteiger partial charge is 0.493 e. The molecule has 2 amide bonds. The second-order valence-electron chi connectivity index (χ2n) is 9.16. The SMILES string of the molecule is COc1ccc(-c2ccnc3cc(C(=O)N4CCN(C(=O)c5ccc(C)cc5)[C@@H](C)C4)nn23)cc1OC. The summed E-state index contributed by atoms with van der Waals surface area (Å²) < 4.78 is 12.4. The molecule has 0 radical (unpaired) electrons. The van der Waals surface area contributed by atoms with Crippen LogP contribution in [0.4, 0.5) is 0 Å². The summed E-state index contributed by atoms with van der Waals surface area (Å²) in [4.78, 5) is 34.4. The number of rotatable bonds is 5. The minimum Gasteiger partial charge on any atom is -0.493 e. The molecule has 2 aromatic heterocycles. The summed E-state index contributed by atoms with van der Waals surface area (Å²) in [5.74, 6) is 1.02. The molecule has 3 heterocycles. The van der Waals surface area contributed by atoms with Gasteiger partial charge in [0.25, 0.3) is 11.8 Å². The Morgan fingerprint density at radius 3 is 2.38 bits per heavy atom. The van der Waals surface area contributed by atoms with Crippen molar-refractivity contribution in [2.75, 3.05) is 33.9 Å². The van der Waals surface area contributed by atoms with Crippen LogP contribution in [0, 0.1) is 6.92 Å². The molecule has 5 rings (SSSR count). The van der Waals surface area contributed by atoms with Gasteiger partial charge in [-0.15, -0.1) is 0 Å². The van der Waals surface area contributed by atoms with Crippen LogP contribution in [0.5, 0.6) is 11.5 Å². The number of fused-ring (bicyclic) bond motifs is 1. The predicted octanol–water partition coefficient (Wildman–Crippen LogP) is 3.71. The summed E-state index contributed by atoms with van der Waals surface area (Å²) in [6, 6.07) is 16.6. The molecule has 1 aliphatic heterocycles. The van der Waals surface area contributed by atoms with E-state index in [9.17, 15) is 9.59 Å². The number of methoxy groups -OCH3 is 2. The predicted molar refractivity (Wildman–Crippen MR) is 139 cm³/mol. The van der Waals surface area contributed by atoms with Crippen LogP contribution in [0.2, 0.25) is 0 Å². The van der Waals surface area contributed by atoms with Gasteiger partial charge in [0, 0.05) is 49.1 Å². The fourth-order valence-electron chi connectivity index (χ4n) is 4.68. The summed E-state index contributed by atoms with van der Waals surface area (Å²) in [6.07, 6.45) is 1.69. The Morgan fingerprint density at radius 2 is 1.68 bits per heavy atom. The Morgan fingerprint density at radius 1 is 0.919 bits per heavy atom. The van der Waals surface area contributed by atoms with Gasteiger partial charge >= 0.3 is 0 Å². The first-order valence-corrected chi connectivity index (χ1v) is 12.1. The second kappa shape index (κ2) is 9.93. The van der Waals surface area contributed by atoms with Crippen LogP contribution in [0.1, 0.15) is 33.3 Å². The van der Waals surface area contributed by atoms with E-state index >= 15 is 0 Å². The summed E-state index contributed by atoms with van der Waals surface area (Å²) >= 11 is 0. The number of benzene rings is 2. The van der Waals surface area contributed by atoms with Gasteiger partial charge in [-0.1, -0.05) is 17.7 Å². The number of piperazine rings is 1. The lowest BCUT2D eigenvalue weighted by atomic mass is 10.1. The normalized spacial score (nSPS) is 15.6. The number of carbonyl (C=O) groups is 2. The lowest BCUT2D eigenvalue weighted by Gasteiger charge is -2.39. The molecule has 190 valence electrons. The third-order valence-corrected chi connectivity index (χ3v) is 6.73. The monoisotopic (exact) mass is 499 g/mol. The molecule has 1 atom stereocenters.